The van der Waals surface area contributed by atoms with Crippen molar-refractivity contribution in [3.8, 4) is 0 Å². The van der Waals surface area contributed by atoms with Gasteiger partial charge in [-0.3, -0.25) is 14.6 Å². The molecule has 1 aliphatic rings. The number of hydrogen-bond donors (Lipinski definition) is 2. The number of carbonyl (C=O) groups is 2. The van der Waals surface area contributed by atoms with Crippen LogP contribution >= 0.6 is 0 Å². The Kier molecular flexibility index (Phi) is 7.47. The topological polar surface area (TPSA) is 77.6 Å². The van der Waals surface area contributed by atoms with Crippen molar-refractivity contribution in [3.05, 3.63) is 120 Å². The summed E-state index contributed by atoms with van der Waals surface area (Å²) in [7, 11) is 3.93. The Bertz CT molecular complexity index is 1520. The van der Waals surface area contributed by atoms with Crippen LogP contribution in [0.2, 0.25) is 0 Å². The van der Waals surface area contributed by atoms with Crippen LogP contribution < -0.4 is 15.5 Å². The maximum absolute atomic E-state index is 13.8. The number of nitrogens with one attached hydrogen (secondary N) is 2. The highest BCUT2D eigenvalue weighted by atomic mass is 19.1. The summed E-state index contributed by atoms with van der Waals surface area (Å²) in [5.74, 6) is -0.838. The molecule has 0 saturated heterocycles. The number of aromatic nitrogens is 1. The smallest absolute Gasteiger partial charge is 0.258 e. The number of pyridine rings is 1. The van der Waals surface area contributed by atoms with E-state index in [1.807, 2.05) is 73.6 Å². The van der Waals surface area contributed by atoms with Gasteiger partial charge in [0.25, 0.3) is 11.8 Å². The second kappa shape index (κ2) is 11.3. The highest BCUT2D eigenvalue weighted by molar-refractivity contribution is 6.37. The van der Waals surface area contributed by atoms with E-state index in [1.165, 1.54) is 12.1 Å². The number of anilines is 3. The fourth-order valence-electron chi connectivity index (χ4n) is 4.44. The molecule has 0 unspecified atom stereocenters. The van der Waals surface area contributed by atoms with Gasteiger partial charge in [0, 0.05) is 48.0 Å². The van der Waals surface area contributed by atoms with E-state index in [4.69, 9.17) is 0 Å². The molecule has 0 aliphatic carbocycles. The molecule has 0 radical (unpaired) electrons. The number of likely N-dealkylation sites (N-methyl/N-ethyl adjacent to an activating group) is 1. The molecule has 2 amide bonds. The molecule has 0 atom stereocenters. The largest absolute Gasteiger partial charge is 0.354 e. The molecule has 0 spiro atoms. The first-order valence-corrected chi connectivity index (χ1v) is 12.6. The van der Waals surface area contributed by atoms with E-state index in [0.717, 1.165) is 16.9 Å². The molecule has 2 heterocycles. The van der Waals surface area contributed by atoms with Crippen LogP contribution in [0, 0.1) is 5.82 Å². The minimum absolute atomic E-state index is 0.112. The van der Waals surface area contributed by atoms with Crippen molar-refractivity contribution >= 4 is 40.1 Å². The first kappa shape index (κ1) is 25.8. The molecule has 8 heteroatoms. The standard InChI is InChI=1S/C31H28FN5O2/c1-36(2)18-19-37(31(39)22-14-16-33-17-15-22)25-11-9-24(10-12-25)34-29(21-6-4-3-5-7-21)28-26-13-8-23(32)20-27(26)35-30(28)38/h3-17,20,34H,18-19H2,1-2H3,(H,35,38). The summed E-state index contributed by atoms with van der Waals surface area (Å²) in [5, 5.41) is 6.18. The Morgan fingerprint density at radius 1 is 0.897 bits per heavy atom. The molecule has 1 aliphatic heterocycles. The van der Waals surface area contributed by atoms with Gasteiger partial charge in [-0.2, -0.15) is 0 Å². The van der Waals surface area contributed by atoms with Gasteiger partial charge in [-0.05, 0) is 74.3 Å². The first-order chi connectivity index (χ1) is 18.9. The predicted molar refractivity (Wildman–Crippen MR) is 153 cm³/mol. The van der Waals surface area contributed by atoms with E-state index in [-0.39, 0.29) is 11.8 Å². The lowest BCUT2D eigenvalue weighted by molar-refractivity contribution is -0.110. The third kappa shape index (κ3) is 5.71. The first-order valence-electron chi connectivity index (χ1n) is 12.6. The normalized spacial score (nSPS) is 13.6. The van der Waals surface area contributed by atoms with Crippen LogP contribution in [0.1, 0.15) is 21.5 Å². The lowest BCUT2D eigenvalue weighted by Gasteiger charge is -2.25. The Morgan fingerprint density at radius 3 is 2.31 bits per heavy atom. The number of benzene rings is 3. The molecule has 5 rings (SSSR count). The molecule has 2 N–H and O–H groups in total. The fraction of sp³-hybridized carbons (Fsp3) is 0.129. The van der Waals surface area contributed by atoms with Gasteiger partial charge in [0.1, 0.15) is 5.82 Å². The Balaban J connectivity index is 1.49. The highest BCUT2D eigenvalue weighted by Gasteiger charge is 2.29. The number of amides is 2. The van der Waals surface area contributed by atoms with Crippen LogP contribution in [0.4, 0.5) is 21.5 Å². The summed E-state index contributed by atoms with van der Waals surface area (Å²) < 4.78 is 13.8. The van der Waals surface area contributed by atoms with Crippen molar-refractivity contribution in [2.24, 2.45) is 0 Å². The molecule has 0 bridgehead atoms. The molecule has 196 valence electrons. The van der Waals surface area contributed by atoms with E-state index >= 15 is 0 Å². The van der Waals surface area contributed by atoms with Gasteiger partial charge in [-0.1, -0.05) is 30.3 Å². The number of carbonyl (C=O) groups excluding carboxylic acids is 2. The monoisotopic (exact) mass is 521 g/mol. The van der Waals surface area contributed by atoms with Crippen molar-refractivity contribution < 1.29 is 14.0 Å². The minimum atomic E-state index is -0.416. The molecular formula is C31H28FN5O2. The van der Waals surface area contributed by atoms with E-state index < -0.39 is 5.82 Å². The van der Waals surface area contributed by atoms with Gasteiger partial charge < -0.3 is 20.4 Å². The Labute approximate surface area is 226 Å². The second-order valence-electron chi connectivity index (χ2n) is 9.43. The molecule has 3 aromatic carbocycles. The minimum Gasteiger partial charge on any atom is -0.354 e. The fourth-order valence-corrected chi connectivity index (χ4v) is 4.44. The van der Waals surface area contributed by atoms with Gasteiger partial charge >= 0.3 is 0 Å². The van der Waals surface area contributed by atoms with Gasteiger partial charge in [0.2, 0.25) is 0 Å². The average molecular weight is 522 g/mol. The summed E-state index contributed by atoms with van der Waals surface area (Å²) in [6.45, 7) is 1.20. The molecule has 0 fully saturated rings. The van der Waals surface area contributed by atoms with Crippen molar-refractivity contribution in [1.82, 2.24) is 9.88 Å². The summed E-state index contributed by atoms with van der Waals surface area (Å²) in [5.41, 5.74) is 4.95. The van der Waals surface area contributed by atoms with Crippen molar-refractivity contribution in [3.63, 3.8) is 0 Å². The number of nitrogens with zero attached hydrogens (tertiary/aromatic N) is 3. The van der Waals surface area contributed by atoms with Crippen LogP contribution in [-0.2, 0) is 4.79 Å². The third-order valence-electron chi connectivity index (χ3n) is 6.43. The zero-order valence-corrected chi connectivity index (χ0v) is 21.7. The van der Waals surface area contributed by atoms with Gasteiger partial charge in [-0.15, -0.1) is 0 Å². The molecular weight excluding hydrogens is 493 g/mol. The molecule has 0 saturated carbocycles. The maximum Gasteiger partial charge on any atom is 0.258 e. The van der Waals surface area contributed by atoms with Crippen LogP contribution in [0.5, 0.6) is 0 Å². The van der Waals surface area contributed by atoms with Crippen LogP contribution in [0.3, 0.4) is 0 Å². The lowest BCUT2D eigenvalue weighted by atomic mass is 10.00. The zero-order chi connectivity index (χ0) is 27.4. The van der Waals surface area contributed by atoms with Crippen molar-refractivity contribution in [2.75, 3.05) is 42.7 Å². The third-order valence-corrected chi connectivity index (χ3v) is 6.43. The Hall–Kier alpha value is -4.82. The van der Waals surface area contributed by atoms with Gasteiger partial charge in [0.15, 0.2) is 0 Å². The number of hydrogen-bond acceptors (Lipinski definition) is 5. The number of fused-ring (bicyclic) bond motifs is 1. The highest BCUT2D eigenvalue weighted by Crippen LogP contribution is 2.38. The van der Waals surface area contributed by atoms with Crippen LogP contribution in [0.25, 0.3) is 11.3 Å². The Morgan fingerprint density at radius 2 is 1.62 bits per heavy atom. The second-order valence-corrected chi connectivity index (χ2v) is 9.43. The predicted octanol–water partition coefficient (Wildman–Crippen LogP) is 5.36. The lowest BCUT2D eigenvalue weighted by Crippen LogP contribution is -2.36. The quantitative estimate of drug-likeness (QED) is 0.305. The number of rotatable bonds is 8. The van der Waals surface area contributed by atoms with Gasteiger partial charge in [0.05, 0.1) is 17.0 Å². The summed E-state index contributed by atoms with van der Waals surface area (Å²) >= 11 is 0. The average Bonchev–Trinajstić information content (AvgIpc) is 3.27. The summed E-state index contributed by atoms with van der Waals surface area (Å²) in [6, 6.07) is 24.7. The summed E-state index contributed by atoms with van der Waals surface area (Å²) in [6.07, 6.45) is 3.21. The van der Waals surface area contributed by atoms with E-state index in [2.05, 4.69) is 15.6 Å². The van der Waals surface area contributed by atoms with Crippen molar-refractivity contribution in [2.45, 2.75) is 0 Å². The molecule has 1 aromatic heterocycles. The summed E-state index contributed by atoms with van der Waals surface area (Å²) in [4.78, 5) is 34.2. The van der Waals surface area contributed by atoms with E-state index in [0.29, 0.717) is 41.2 Å². The molecule has 39 heavy (non-hydrogen) atoms. The van der Waals surface area contributed by atoms with E-state index in [9.17, 15) is 14.0 Å². The van der Waals surface area contributed by atoms with E-state index in [1.54, 1.807) is 35.5 Å². The van der Waals surface area contributed by atoms with Crippen LogP contribution in [-0.4, -0.2) is 48.9 Å². The molecule has 7 nitrogen and oxygen atoms in total. The number of halogens is 1. The van der Waals surface area contributed by atoms with Gasteiger partial charge in [-0.25, -0.2) is 4.39 Å². The van der Waals surface area contributed by atoms with Crippen LogP contribution in [0.15, 0.2) is 97.3 Å². The SMILES string of the molecule is CN(C)CCN(C(=O)c1ccncc1)c1ccc(NC(=C2C(=O)Nc3cc(F)ccc32)c2ccccc2)cc1. The zero-order valence-electron chi connectivity index (χ0n) is 21.7. The van der Waals surface area contributed by atoms with Crippen molar-refractivity contribution in [1.29, 1.82) is 0 Å². The molecule has 4 aromatic rings. The maximum atomic E-state index is 13.8.